The van der Waals surface area contributed by atoms with Crippen LogP contribution in [0.25, 0.3) is 0 Å². The molecule has 0 aromatic carbocycles. The van der Waals surface area contributed by atoms with Gasteiger partial charge in [0.1, 0.15) is 0 Å². The SMILES string of the molecule is C=CCN([C]=O)C=O. The fourth-order valence-electron chi connectivity index (χ4n) is 0.241. The summed E-state index contributed by atoms with van der Waals surface area (Å²) in [4.78, 5) is 20.2. The maximum absolute atomic E-state index is 9.74. The summed E-state index contributed by atoms with van der Waals surface area (Å²) in [6, 6.07) is 0. The van der Waals surface area contributed by atoms with E-state index in [0.717, 1.165) is 4.90 Å². The van der Waals surface area contributed by atoms with E-state index in [1.54, 1.807) is 0 Å². The summed E-state index contributed by atoms with van der Waals surface area (Å²) in [5.74, 6) is 0. The van der Waals surface area contributed by atoms with E-state index in [1.807, 2.05) is 0 Å². The molecule has 0 aliphatic heterocycles. The van der Waals surface area contributed by atoms with Crippen molar-refractivity contribution in [3.05, 3.63) is 12.7 Å². The average molecular weight is 112 g/mol. The van der Waals surface area contributed by atoms with Crippen LogP contribution in [-0.2, 0) is 9.59 Å². The van der Waals surface area contributed by atoms with E-state index >= 15 is 0 Å². The van der Waals surface area contributed by atoms with Crippen molar-refractivity contribution in [2.45, 2.75) is 0 Å². The Kier molecular flexibility index (Phi) is 3.48. The van der Waals surface area contributed by atoms with Crippen molar-refractivity contribution in [2.75, 3.05) is 6.54 Å². The van der Waals surface area contributed by atoms with E-state index in [9.17, 15) is 9.59 Å². The smallest absolute Gasteiger partial charge is 0.278 e. The predicted molar refractivity (Wildman–Crippen MR) is 28.7 cm³/mol. The van der Waals surface area contributed by atoms with Gasteiger partial charge in [-0.05, 0) is 0 Å². The lowest BCUT2D eigenvalue weighted by Crippen LogP contribution is -2.18. The molecule has 1 radical (unpaired) electrons. The fourth-order valence-corrected chi connectivity index (χ4v) is 0.241. The first-order valence-corrected chi connectivity index (χ1v) is 2.05. The fraction of sp³-hybridized carbons (Fsp3) is 0.200. The molecule has 0 aliphatic carbocycles. The van der Waals surface area contributed by atoms with Gasteiger partial charge in [0.15, 0.2) is 0 Å². The van der Waals surface area contributed by atoms with E-state index in [-0.39, 0.29) is 6.54 Å². The van der Waals surface area contributed by atoms with Crippen molar-refractivity contribution in [2.24, 2.45) is 0 Å². The predicted octanol–water partition coefficient (Wildman–Crippen LogP) is -0.302. The van der Waals surface area contributed by atoms with Gasteiger partial charge in [0.25, 0.3) is 0 Å². The van der Waals surface area contributed by atoms with E-state index < -0.39 is 0 Å². The molecule has 2 amide bonds. The second-order valence-electron chi connectivity index (χ2n) is 1.14. The molecule has 0 aliphatic rings. The second-order valence-corrected chi connectivity index (χ2v) is 1.14. The molecule has 3 nitrogen and oxygen atoms in total. The van der Waals surface area contributed by atoms with Crippen LogP contribution < -0.4 is 0 Å². The van der Waals surface area contributed by atoms with Gasteiger partial charge in [-0.15, -0.1) is 6.58 Å². The molecule has 0 aromatic rings. The topological polar surface area (TPSA) is 37.4 Å². The summed E-state index contributed by atoms with van der Waals surface area (Å²) < 4.78 is 0. The highest BCUT2D eigenvalue weighted by Crippen LogP contribution is 1.73. The van der Waals surface area contributed by atoms with Crippen LogP contribution in [0.15, 0.2) is 12.7 Å². The second kappa shape index (κ2) is 4.05. The van der Waals surface area contributed by atoms with Gasteiger partial charge >= 0.3 is 6.41 Å². The molecule has 3 heteroatoms. The van der Waals surface area contributed by atoms with Crippen LogP contribution >= 0.6 is 0 Å². The zero-order valence-corrected chi connectivity index (χ0v) is 4.33. The van der Waals surface area contributed by atoms with Crippen LogP contribution in [0, 0.1) is 0 Å². The van der Waals surface area contributed by atoms with Gasteiger partial charge in [-0.1, -0.05) is 6.08 Å². The normalized spacial score (nSPS) is 7.50. The third-order valence-electron chi connectivity index (χ3n) is 0.570. The van der Waals surface area contributed by atoms with Gasteiger partial charge in [-0.3, -0.25) is 14.5 Å². The van der Waals surface area contributed by atoms with Crippen molar-refractivity contribution >= 4 is 12.8 Å². The molecule has 0 saturated carbocycles. The Hall–Kier alpha value is -1.12. The van der Waals surface area contributed by atoms with Crippen LogP contribution in [0.2, 0.25) is 0 Å². The molecule has 0 saturated heterocycles. The summed E-state index contributed by atoms with van der Waals surface area (Å²) in [5, 5.41) is 0. The first kappa shape index (κ1) is 6.88. The standard InChI is InChI=1S/C5H6NO2/c1-2-3-6(4-7)5-8/h2,4H,1,3H2. The summed E-state index contributed by atoms with van der Waals surface area (Å²) in [6.07, 6.45) is 3.24. The zero-order valence-electron chi connectivity index (χ0n) is 4.33. The minimum atomic E-state index is 0.229. The molecule has 0 atom stereocenters. The Balaban J connectivity index is 3.50. The number of amides is 2. The van der Waals surface area contributed by atoms with Gasteiger partial charge in [0.05, 0.1) is 0 Å². The first-order chi connectivity index (χ1) is 3.85. The average Bonchev–Trinajstić information content (AvgIpc) is 1.83. The molecule has 0 N–H and O–H groups in total. The van der Waals surface area contributed by atoms with Crippen molar-refractivity contribution in [3.63, 3.8) is 0 Å². The largest absolute Gasteiger partial charge is 0.319 e. The van der Waals surface area contributed by atoms with E-state index in [1.165, 1.54) is 12.5 Å². The Bertz CT molecular complexity index is 92.6. The van der Waals surface area contributed by atoms with Crippen molar-refractivity contribution < 1.29 is 9.59 Å². The maximum Gasteiger partial charge on any atom is 0.319 e. The lowest BCUT2D eigenvalue weighted by Gasteiger charge is -1.99. The number of carbonyl (C=O) groups excluding carboxylic acids is 2. The highest BCUT2D eigenvalue weighted by molar-refractivity contribution is 5.69. The summed E-state index contributed by atoms with van der Waals surface area (Å²) in [5.41, 5.74) is 0. The Morgan fingerprint density at radius 3 is 2.50 bits per heavy atom. The zero-order chi connectivity index (χ0) is 6.41. The molecule has 0 fully saturated rings. The maximum atomic E-state index is 9.74. The molecule has 0 spiro atoms. The molecule has 0 unspecified atom stereocenters. The highest BCUT2D eigenvalue weighted by atomic mass is 16.2. The number of hydrogen-bond acceptors (Lipinski definition) is 2. The highest BCUT2D eigenvalue weighted by Gasteiger charge is 1.92. The number of nitrogens with zero attached hydrogens (tertiary/aromatic N) is 1. The minimum Gasteiger partial charge on any atom is -0.278 e. The van der Waals surface area contributed by atoms with Crippen molar-refractivity contribution in [3.8, 4) is 0 Å². The van der Waals surface area contributed by atoms with Crippen LogP contribution in [0.4, 0.5) is 0 Å². The lowest BCUT2D eigenvalue weighted by atomic mass is 10.6. The molecule has 43 valence electrons. The first-order valence-electron chi connectivity index (χ1n) is 2.05. The van der Waals surface area contributed by atoms with Crippen LogP contribution in [-0.4, -0.2) is 24.3 Å². The number of rotatable bonds is 4. The summed E-state index contributed by atoms with van der Waals surface area (Å²) >= 11 is 0. The number of hydrogen-bond donors (Lipinski definition) is 0. The van der Waals surface area contributed by atoms with Gasteiger partial charge in [0.2, 0.25) is 6.41 Å². The van der Waals surface area contributed by atoms with Gasteiger partial charge in [-0.2, -0.15) is 0 Å². The quantitative estimate of drug-likeness (QED) is 0.284. The molecular weight excluding hydrogens is 106 g/mol. The number of imide groups is 1. The monoisotopic (exact) mass is 112 g/mol. The van der Waals surface area contributed by atoms with E-state index in [4.69, 9.17) is 0 Å². The van der Waals surface area contributed by atoms with Crippen LogP contribution in [0.3, 0.4) is 0 Å². The Morgan fingerprint density at radius 1 is 1.75 bits per heavy atom. The third kappa shape index (κ3) is 2.12. The lowest BCUT2D eigenvalue weighted by molar-refractivity contribution is -0.114. The molecule has 8 heavy (non-hydrogen) atoms. The van der Waals surface area contributed by atoms with Gasteiger partial charge < -0.3 is 0 Å². The molecule has 0 rings (SSSR count). The molecule has 0 heterocycles. The molecular formula is C5H6NO2. The van der Waals surface area contributed by atoms with Crippen molar-refractivity contribution in [1.29, 1.82) is 0 Å². The third-order valence-corrected chi connectivity index (χ3v) is 0.570. The van der Waals surface area contributed by atoms with Crippen molar-refractivity contribution in [1.82, 2.24) is 4.90 Å². The van der Waals surface area contributed by atoms with Gasteiger partial charge in [-0.25, -0.2) is 0 Å². The van der Waals surface area contributed by atoms with E-state index in [0.29, 0.717) is 6.41 Å². The van der Waals surface area contributed by atoms with Gasteiger partial charge in [0, 0.05) is 6.54 Å². The minimum absolute atomic E-state index is 0.229. The summed E-state index contributed by atoms with van der Waals surface area (Å²) in [7, 11) is 0. The summed E-state index contributed by atoms with van der Waals surface area (Å²) in [6.45, 7) is 3.55. The van der Waals surface area contributed by atoms with Crippen LogP contribution in [0.1, 0.15) is 0 Å². The number of carbonyl (C=O) groups is 1. The molecule has 0 aromatic heterocycles. The van der Waals surface area contributed by atoms with E-state index in [2.05, 4.69) is 6.58 Å². The Labute approximate surface area is 47.6 Å². The Morgan fingerprint density at radius 2 is 2.38 bits per heavy atom. The molecule has 0 bridgehead atoms. The van der Waals surface area contributed by atoms with Crippen LogP contribution in [0.5, 0.6) is 0 Å².